The van der Waals surface area contributed by atoms with Crippen LogP contribution in [-0.2, 0) is 22.3 Å². The molecule has 8 nitrogen and oxygen atoms in total. The van der Waals surface area contributed by atoms with Gasteiger partial charge >= 0.3 is 12.3 Å². The zero-order chi connectivity index (χ0) is 29.5. The lowest BCUT2D eigenvalue weighted by atomic mass is 9.92. The highest BCUT2D eigenvalue weighted by molar-refractivity contribution is 5.85. The molecule has 0 amide bonds. The van der Waals surface area contributed by atoms with Crippen molar-refractivity contribution in [2.75, 3.05) is 0 Å². The quantitative estimate of drug-likeness (QED) is 0.167. The summed E-state index contributed by atoms with van der Waals surface area (Å²) in [5, 5.41) is 0. The van der Waals surface area contributed by atoms with E-state index in [1.54, 1.807) is 96.1 Å². The van der Waals surface area contributed by atoms with Crippen molar-refractivity contribution in [3.8, 4) is 11.5 Å². The lowest BCUT2D eigenvalue weighted by Crippen LogP contribution is -2.25. The summed E-state index contributed by atoms with van der Waals surface area (Å²) in [5.74, 6) is 0.675. The van der Waals surface area contributed by atoms with E-state index in [4.69, 9.17) is 18.9 Å². The molecule has 0 aliphatic carbocycles. The fourth-order valence-electron chi connectivity index (χ4n) is 3.78. The Kier molecular flexibility index (Phi) is 9.47. The third kappa shape index (κ3) is 9.38. The zero-order valence-electron chi connectivity index (χ0n) is 23.6. The number of rotatable bonds is 8. The molecule has 0 saturated carbocycles. The van der Waals surface area contributed by atoms with Crippen LogP contribution in [0.1, 0.15) is 84.5 Å². The van der Waals surface area contributed by atoms with E-state index in [2.05, 4.69) is 0 Å². The van der Waals surface area contributed by atoms with Crippen LogP contribution in [0.2, 0.25) is 0 Å². The molecule has 0 bridgehead atoms. The first-order valence-electron chi connectivity index (χ1n) is 12.8. The summed E-state index contributed by atoms with van der Waals surface area (Å²) in [5.41, 5.74) is 2.78. The molecule has 3 rings (SSSR count). The van der Waals surface area contributed by atoms with E-state index in [1.165, 1.54) is 0 Å². The number of carbonyl (C=O) groups is 4. The molecule has 3 aromatic carbocycles. The Morgan fingerprint density at radius 1 is 0.600 bits per heavy atom. The Morgan fingerprint density at radius 2 is 0.950 bits per heavy atom. The van der Waals surface area contributed by atoms with Crippen molar-refractivity contribution in [2.24, 2.45) is 0 Å². The van der Waals surface area contributed by atoms with Crippen LogP contribution in [0, 0.1) is 0 Å². The van der Waals surface area contributed by atoms with Gasteiger partial charge in [-0.05, 0) is 107 Å². The standard InChI is InChI=1S/C32H34O8/c1-31(2,3)39-29(35)37-27-11-7-21(8-12-27)15-23-17-24(26(20-34)18-25(23)19-33)16-22-9-13-28(14-10-22)38-30(36)40-32(4,5)6/h7-14,17-20H,15-16H2,1-6H3. The van der Waals surface area contributed by atoms with E-state index < -0.39 is 23.5 Å². The molecule has 0 radical (unpaired) electrons. The number of aldehydes is 2. The first kappa shape index (κ1) is 30.1. The summed E-state index contributed by atoms with van der Waals surface area (Å²) in [6.07, 6.45) is 0.735. The van der Waals surface area contributed by atoms with Crippen molar-refractivity contribution in [1.82, 2.24) is 0 Å². The van der Waals surface area contributed by atoms with Crippen LogP contribution in [0.4, 0.5) is 9.59 Å². The van der Waals surface area contributed by atoms with Crippen molar-refractivity contribution in [2.45, 2.75) is 65.6 Å². The fraction of sp³-hybridized carbons (Fsp3) is 0.312. The van der Waals surface area contributed by atoms with Gasteiger partial charge in [-0.15, -0.1) is 0 Å². The molecule has 0 aromatic heterocycles. The molecular formula is C32H34O8. The van der Waals surface area contributed by atoms with Crippen molar-refractivity contribution in [3.05, 3.63) is 94.0 Å². The molecule has 8 heteroatoms. The van der Waals surface area contributed by atoms with Gasteiger partial charge in [0.1, 0.15) is 35.3 Å². The minimum absolute atomic E-state index is 0.338. The van der Waals surface area contributed by atoms with E-state index in [0.29, 0.717) is 35.5 Å². The normalized spacial score (nSPS) is 11.3. The Balaban J connectivity index is 1.75. The lowest BCUT2D eigenvalue weighted by Gasteiger charge is -2.18. The predicted octanol–water partition coefficient (Wildman–Crippen LogP) is 7.12. The van der Waals surface area contributed by atoms with Crippen molar-refractivity contribution in [1.29, 1.82) is 0 Å². The molecular weight excluding hydrogens is 512 g/mol. The summed E-state index contributed by atoms with van der Waals surface area (Å²) in [6.45, 7) is 10.5. The minimum Gasteiger partial charge on any atom is -0.428 e. The average Bonchev–Trinajstić information content (AvgIpc) is 2.84. The maximum atomic E-state index is 11.9. The number of benzene rings is 3. The van der Waals surface area contributed by atoms with Gasteiger partial charge in [-0.25, -0.2) is 9.59 Å². The molecule has 0 aliphatic rings. The van der Waals surface area contributed by atoms with Crippen molar-refractivity contribution < 1.29 is 38.1 Å². The predicted molar refractivity (Wildman–Crippen MR) is 149 cm³/mol. The van der Waals surface area contributed by atoms with Gasteiger partial charge in [-0.1, -0.05) is 30.3 Å². The molecule has 0 fully saturated rings. The van der Waals surface area contributed by atoms with E-state index in [9.17, 15) is 19.2 Å². The SMILES string of the molecule is CC(C)(C)OC(=O)Oc1ccc(Cc2cc(Cc3ccc(OC(=O)OC(C)(C)C)cc3)c(C=O)cc2C=O)cc1. The van der Waals surface area contributed by atoms with E-state index in [0.717, 1.165) is 34.8 Å². The third-order valence-corrected chi connectivity index (χ3v) is 5.47. The van der Waals surface area contributed by atoms with Crippen LogP contribution < -0.4 is 9.47 Å². The lowest BCUT2D eigenvalue weighted by molar-refractivity contribution is 0.0193. The zero-order valence-corrected chi connectivity index (χ0v) is 23.6. The van der Waals surface area contributed by atoms with Gasteiger partial charge in [-0.3, -0.25) is 9.59 Å². The number of hydrogen-bond donors (Lipinski definition) is 0. The maximum absolute atomic E-state index is 11.9. The van der Waals surface area contributed by atoms with E-state index in [1.807, 2.05) is 6.07 Å². The largest absolute Gasteiger partial charge is 0.514 e. The van der Waals surface area contributed by atoms with Crippen LogP contribution >= 0.6 is 0 Å². The Hall–Kier alpha value is -4.46. The van der Waals surface area contributed by atoms with Gasteiger partial charge in [0.25, 0.3) is 0 Å². The number of carbonyl (C=O) groups excluding carboxylic acids is 4. The summed E-state index contributed by atoms with van der Waals surface area (Å²) >= 11 is 0. The van der Waals surface area contributed by atoms with Crippen LogP contribution in [0.5, 0.6) is 11.5 Å². The minimum atomic E-state index is -0.790. The van der Waals surface area contributed by atoms with Crippen molar-refractivity contribution >= 4 is 24.9 Å². The first-order chi connectivity index (χ1) is 18.7. The van der Waals surface area contributed by atoms with Crippen LogP contribution in [0.15, 0.2) is 60.7 Å². The van der Waals surface area contributed by atoms with Gasteiger partial charge in [0.15, 0.2) is 0 Å². The molecule has 210 valence electrons. The fourth-order valence-corrected chi connectivity index (χ4v) is 3.78. The highest BCUT2D eigenvalue weighted by Crippen LogP contribution is 2.24. The topological polar surface area (TPSA) is 105 Å². The van der Waals surface area contributed by atoms with Crippen LogP contribution in [-0.4, -0.2) is 36.1 Å². The van der Waals surface area contributed by atoms with Gasteiger partial charge in [0.2, 0.25) is 0 Å². The van der Waals surface area contributed by atoms with Gasteiger partial charge in [0.05, 0.1) is 0 Å². The second-order valence-corrected chi connectivity index (χ2v) is 11.3. The average molecular weight is 547 g/mol. The number of hydrogen-bond acceptors (Lipinski definition) is 8. The Bertz CT molecular complexity index is 1260. The highest BCUT2D eigenvalue weighted by Gasteiger charge is 2.19. The summed E-state index contributed by atoms with van der Waals surface area (Å²) in [6, 6.07) is 17.2. The molecule has 0 heterocycles. The highest BCUT2D eigenvalue weighted by atomic mass is 16.7. The smallest absolute Gasteiger partial charge is 0.428 e. The summed E-state index contributed by atoms with van der Waals surface area (Å²) in [4.78, 5) is 47.5. The van der Waals surface area contributed by atoms with Gasteiger partial charge < -0.3 is 18.9 Å². The molecule has 0 spiro atoms. The molecule has 0 aliphatic heterocycles. The van der Waals surface area contributed by atoms with Crippen LogP contribution in [0.25, 0.3) is 0 Å². The monoisotopic (exact) mass is 546 g/mol. The van der Waals surface area contributed by atoms with Crippen molar-refractivity contribution in [3.63, 3.8) is 0 Å². The third-order valence-electron chi connectivity index (χ3n) is 5.47. The second-order valence-electron chi connectivity index (χ2n) is 11.3. The molecule has 0 N–H and O–H groups in total. The molecule has 0 unspecified atom stereocenters. The first-order valence-corrected chi connectivity index (χ1v) is 12.8. The summed E-state index contributed by atoms with van der Waals surface area (Å²) < 4.78 is 20.8. The van der Waals surface area contributed by atoms with Crippen LogP contribution in [0.3, 0.4) is 0 Å². The number of ether oxygens (including phenoxy) is 4. The molecule has 3 aromatic rings. The van der Waals surface area contributed by atoms with Gasteiger partial charge in [0, 0.05) is 11.1 Å². The van der Waals surface area contributed by atoms with E-state index >= 15 is 0 Å². The molecule has 0 saturated heterocycles. The second kappa shape index (κ2) is 12.6. The molecule has 0 atom stereocenters. The van der Waals surface area contributed by atoms with E-state index in [-0.39, 0.29) is 0 Å². The molecule has 40 heavy (non-hydrogen) atoms. The van der Waals surface area contributed by atoms with Gasteiger partial charge in [-0.2, -0.15) is 0 Å². The maximum Gasteiger partial charge on any atom is 0.514 e. The summed E-state index contributed by atoms with van der Waals surface area (Å²) in [7, 11) is 0. The Labute approximate surface area is 234 Å². The Morgan fingerprint density at radius 3 is 1.25 bits per heavy atom.